The van der Waals surface area contributed by atoms with Crippen LogP contribution in [0.4, 0.5) is 0 Å². The fourth-order valence-electron chi connectivity index (χ4n) is 2.14. The molecule has 88 valence electrons. The fraction of sp³-hybridized carbons (Fsp3) is 0.615. The Bertz CT molecular complexity index is 315. The van der Waals surface area contributed by atoms with Gasteiger partial charge in [-0.2, -0.15) is 0 Å². The molecule has 1 saturated carbocycles. The van der Waals surface area contributed by atoms with Crippen LogP contribution in [-0.4, -0.2) is 11.1 Å². The zero-order valence-electron chi connectivity index (χ0n) is 9.86. The second-order valence-corrected chi connectivity index (χ2v) is 4.69. The number of ether oxygens (including phenoxy) is 1. The smallest absolute Gasteiger partial charge is 0.138 e. The van der Waals surface area contributed by atoms with Crippen molar-refractivity contribution in [3.05, 3.63) is 24.0 Å². The van der Waals surface area contributed by atoms with E-state index in [1.54, 1.807) is 6.20 Å². The van der Waals surface area contributed by atoms with Gasteiger partial charge in [-0.1, -0.05) is 6.92 Å². The van der Waals surface area contributed by atoms with Crippen LogP contribution >= 0.6 is 0 Å². The van der Waals surface area contributed by atoms with Crippen LogP contribution in [0.15, 0.2) is 18.3 Å². The number of hydrogen-bond donors (Lipinski definition) is 1. The summed E-state index contributed by atoms with van der Waals surface area (Å²) >= 11 is 0. The van der Waals surface area contributed by atoms with Gasteiger partial charge in [0.1, 0.15) is 5.75 Å². The molecule has 3 nitrogen and oxygen atoms in total. The highest BCUT2D eigenvalue weighted by Crippen LogP contribution is 2.26. The number of aromatic nitrogens is 1. The molecule has 0 amide bonds. The lowest BCUT2D eigenvalue weighted by Gasteiger charge is -2.26. The Balaban J connectivity index is 1.88. The zero-order valence-corrected chi connectivity index (χ0v) is 9.86. The number of rotatable bonds is 3. The van der Waals surface area contributed by atoms with Crippen molar-refractivity contribution in [1.82, 2.24) is 4.98 Å². The third-order valence-electron chi connectivity index (χ3n) is 3.27. The monoisotopic (exact) mass is 220 g/mol. The van der Waals surface area contributed by atoms with Gasteiger partial charge in [-0.3, -0.25) is 4.98 Å². The van der Waals surface area contributed by atoms with Gasteiger partial charge in [-0.05, 0) is 43.7 Å². The SMILES string of the molecule is CC1CCC(Oc2ccc(CN)nc2)CC1. The van der Waals surface area contributed by atoms with E-state index in [9.17, 15) is 0 Å². The lowest BCUT2D eigenvalue weighted by atomic mass is 9.89. The summed E-state index contributed by atoms with van der Waals surface area (Å²) in [4.78, 5) is 4.23. The molecule has 1 aliphatic carbocycles. The number of hydrogen-bond acceptors (Lipinski definition) is 3. The van der Waals surface area contributed by atoms with Crippen molar-refractivity contribution in [1.29, 1.82) is 0 Å². The normalized spacial score (nSPS) is 25.4. The van der Waals surface area contributed by atoms with Crippen LogP contribution in [0.3, 0.4) is 0 Å². The molecule has 1 fully saturated rings. The summed E-state index contributed by atoms with van der Waals surface area (Å²) in [5.74, 6) is 1.73. The Morgan fingerprint density at radius 2 is 2.06 bits per heavy atom. The highest BCUT2D eigenvalue weighted by Gasteiger charge is 2.19. The number of nitrogens with two attached hydrogens (primary N) is 1. The molecular formula is C13H20N2O. The van der Waals surface area contributed by atoms with Gasteiger partial charge < -0.3 is 10.5 Å². The predicted molar refractivity (Wildman–Crippen MR) is 64.2 cm³/mol. The van der Waals surface area contributed by atoms with Crippen LogP contribution in [0.5, 0.6) is 5.75 Å². The van der Waals surface area contributed by atoms with Gasteiger partial charge in [0.25, 0.3) is 0 Å². The molecule has 0 spiro atoms. The second kappa shape index (κ2) is 5.30. The lowest BCUT2D eigenvalue weighted by molar-refractivity contribution is 0.135. The molecule has 1 aliphatic rings. The first-order valence-electron chi connectivity index (χ1n) is 6.09. The van der Waals surface area contributed by atoms with E-state index >= 15 is 0 Å². The first-order valence-corrected chi connectivity index (χ1v) is 6.09. The Hall–Kier alpha value is -1.09. The molecule has 1 aromatic heterocycles. The van der Waals surface area contributed by atoms with Crippen molar-refractivity contribution in [3.63, 3.8) is 0 Å². The molecule has 1 aromatic rings. The largest absolute Gasteiger partial charge is 0.489 e. The molecule has 2 N–H and O–H groups in total. The van der Waals surface area contributed by atoms with Crippen LogP contribution in [0.25, 0.3) is 0 Å². The van der Waals surface area contributed by atoms with Crippen molar-refractivity contribution < 1.29 is 4.74 Å². The van der Waals surface area contributed by atoms with E-state index in [4.69, 9.17) is 10.5 Å². The highest BCUT2D eigenvalue weighted by atomic mass is 16.5. The quantitative estimate of drug-likeness (QED) is 0.851. The topological polar surface area (TPSA) is 48.1 Å². The average molecular weight is 220 g/mol. The minimum Gasteiger partial charge on any atom is -0.489 e. The summed E-state index contributed by atoms with van der Waals surface area (Å²) in [5.41, 5.74) is 6.40. The first-order chi connectivity index (χ1) is 7.78. The van der Waals surface area contributed by atoms with Crippen molar-refractivity contribution >= 4 is 0 Å². The molecule has 16 heavy (non-hydrogen) atoms. The molecule has 0 radical (unpaired) electrons. The number of pyridine rings is 1. The standard InChI is InChI=1S/C13H20N2O/c1-10-2-5-12(6-3-10)16-13-7-4-11(8-14)15-9-13/h4,7,9-10,12H,2-3,5-6,8,14H2,1H3. The molecule has 0 atom stereocenters. The van der Waals surface area contributed by atoms with Crippen LogP contribution in [0.2, 0.25) is 0 Å². The van der Waals surface area contributed by atoms with Crippen LogP contribution in [-0.2, 0) is 6.54 Å². The van der Waals surface area contributed by atoms with E-state index in [-0.39, 0.29) is 0 Å². The molecule has 2 rings (SSSR count). The first kappa shape index (κ1) is 11.4. The van der Waals surface area contributed by atoms with Crippen LogP contribution in [0, 0.1) is 5.92 Å². The molecule has 0 aromatic carbocycles. The molecule has 0 bridgehead atoms. The summed E-state index contributed by atoms with van der Waals surface area (Å²) in [5, 5.41) is 0. The summed E-state index contributed by atoms with van der Waals surface area (Å²) in [6.45, 7) is 2.80. The van der Waals surface area contributed by atoms with Crippen molar-refractivity contribution in [2.75, 3.05) is 0 Å². The highest BCUT2D eigenvalue weighted by molar-refractivity contribution is 5.20. The number of nitrogens with zero attached hydrogens (tertiary/aromatic N) is 1. The second-order valence-electron chi connectivity index (χ2n) is 4.69. The van der Waals surface area contributed by atoms with E-state index < -0.39 is 0 Å². The van der Waals surface area contributed by atoms with Gasteiger partial charge in [-0.15, -0.1) is 0 Å². The molecule has 0 unspecified atom stereocenters. The van der Waals surface area contributed by atoms with E-state index in [1.807, 2.05) is 12.1 Å². The molecule has 3 heteroatoms. The minimum atomic E-state index is 0.377. The van der Waals surface area contributed by atoms with E-state index in [2.05, 4.69) is 11.9 Å². The Morgan fingerprint density at radius 1 is 1.31 bits per heavy atom. The van der Waals surface area contributed by atoms with E-state index in [1.165, 1.54) is 25.7 Å². The van der Waals surface area contributed by atoms with Crippen LogP contribution in [0.1, 0.15) is 38.3 Å². The van der Waals surface area contributed by atoms with Gasteiger partial charge in [0, 0.05) is 6.54 Å². The fourth-order valence-corrected chi connectivity index (χ4v) is 2.14. The lowest BCUT2D eigenvalue weighted by Crippen LogP contribution is -2.23. The van der Waals surface area contributed by atoms with Crippen molar-refractivity contribution in [2.24, 2.45) is 11.7 Å². The third kappa shape index (κ3) is 2.95. The van der Waals surface area contributed by atoms with Gasteiger partial charge in [0.05, 0.1) is 18.0 Å². The summed E-state index contributed by atoms with van der Waals surface area (Å²) in [6, 6.07) is 3.90. The zero-order chi connectivity index (χ0) is 11.4. The Morgan fingerprint density at radius 3 is 2.62 bits per heavy atom. The maximum Gasteiger partial charge on any atom is 0.138 e. The maximum atomic E-state index is 5.90. The maximum absolute atomic E-state index is 5.90. The minimum absolute atomic E-state index is 0.377. The molecule has 0 aliphatic heterocycles. The van der Waals surface area contributed by atoms with E-state index in [0.29, 0.717) is 12.6 Å². The Kier molecular flexibility index (Phi) is 3.78. The molecule has 0 saturated heterocycles. The average Bonchev–Trinajstić information content (AvgIpc) is 2.33. The van der Waals surface area contributed by atoms with E-state index in [0.717, 1.165) is 17.4 Å². The summed E-state index contributed by atoms with van der Waals surface area (Å²) < 4.78 is 5.90. The molecule has 1 heterocycles. The van der Waals surface area contributed by atoms with Crippen LogP contribution < -0.4 is 10.5 Å². The van der Waals surface area contributed by atoms with Crippen molar-refractivity contribution in [2.45, 2.75) is 45.3 Å². The van der Waals surface area contributed by atoms with Gasteiger partial charge in [-0.25, -0.2) is 0 Å². The van der Waals surface area contributed by atoms with Gasteiger partial charge >= 0.3 is 0 Å². The third-order valence-corrected chi connectivity index (χ3v) is 3.27. The predicted octanol–water partition coefficient (Wildman–Crippen LogP) is 2.50. The van der Waals surface area contributed by atoms with Crippen molar-refractivity contribution in [3.8, 4) is 5.75 Å². The molecular weight excluding hydrogens is 200 g/mol. The summed E-state index contributed by atoms with van der Waals surface area (Å²) in [6.07, 6.45) is 7.04. The van der Waals surface area contributed by atoms with Gasteiger partial charge in [0.15, 0.2) is 0 Å². The van der Waals surface area contributed by atoms with Gasteiger partial charge in [0.2, 0.25) is 0 Å². The Labute approximate surface area is 97.0 Å². The summed E-state index contributed by atoms with van der Waals surface area (Å²) in [7, 11) is 0.